The summed E-state index contributed by atoms with van der Waals surface area (Å²) in [6, 6.07) is 29.0. The zero-order valence-electron chi connectivity index (χ0n) is 30.1. The highest BCUT2D eigenvalue weighted by atomic mass is 32.2. The summed E-state index contributed by atoms with van der Waals surface area (Å²) >= 11 is 0. The van der Waals surface area contributed by atoms with Crippen LogP contribution in [0.15, 0.2) is 107 Å². The van der Waals surface area contributed by atoms with Gasteiger partial charge in [0.1, 0.15) is 23.0 Å². The molecule has 0 aliphatic carbocycles. The minimum atomic E-state index is -3.65. The summed E-state index contributed by atoms with van der Waals surface area (Å²) in [4.78, 5) is 12.2. The third kappa shape index (κ3) is 11.8. The molecule has 0 aromatic heterocycles. The van der Waals surface area contributed by atoms with Gasteiger partial charge in [-0.1, -0.05) is 104 Å². The van der Waals surface area contributed by atoms with Gasteiger partial charge in [-0.25, -0.2) is 8.42 Å². The van der Waals surface area contributed by atoms with Crippen LogP contribution < -0.4 is 9.47 Å². The van der Waals surface area contributed by atoms with E-state index in [9.17, 15) is 13.2 Å². The van der Waals surface area contributed by atoms with E-state index in [-0.39, 0.29) is 21.0 Å². The molecule has 1 unspecified atom stereocenters. The molecule has 0 bridgehead atoms. The lowest BCUT2D eigenvalue weighted by Crippen LogP contribution is -2.24. The quantitative estimate of drug-likeness (QED) is 0.171. The maximum atomic E-state index is 13.0. The average molecular weight is 649 g/mol. The molecule has 0 N–H and O–H groups in total. The lowest BCUT2D eigenvalue weighted by molar-refractivity contribution is -0.117. The van der Waals surface area contributed by atoms with E-state index in [4.69, 9.17) is 9.47 Å². The highest BCUT2D eigenvalue weighted by Gasteiger charge is 2.29. The Kier molecular flexibility index (Phi) is 19.9. The van der Waals surface area contributed by atoms with Crippen LogP contribution in [0.25, 0.3) is 0 Å². The normalized spacial score (nSPS) is 11.2. The summed E-state index contributed by atoms with van der Waals surface area (Å²) in [5, 5.41) is 0. The molecule has 1 atom stereocenters. The van der Waals surface area contributed by atoms with Crippen molar-refractivity contribution >= 4 is 15.6 Å². The molecule has 0 fully saturated rings. The number of carbonyl (C=O) groups is 1. The molecule has 0 aliphatic rings. The molecule has 0 heterocycles. The van der Waals surface area contributed by atoms with Crippen molar-refractivity contribution in [2.75, 3.05) is 7.11 Å². The Morgan fingerprint density at radius 2 is 0.957 bits per heavy atom. The number of rotatable bonds is 10. The molecule has 252 valence electrons. The zero-order valence-corrected chi connectivity index (χ0v) is 30.9. The Labute approximate surface area is 279 Å². The van der Waals surface area contributed by atoms with Gasteiger partial charge < -0.3 is 14.3 Å². The number of Topliss-reactive ketones (excluding diaryl/α,β-unsaturated/α-hetero) is 1. The average Bonchev–Trinajstić information content (AvgIpc) is 3.11. The van der Waals surface area contributed by atoms with E-state index in [0.29, 0.717) is 30.1 Å². The molecule has 4 aromatic carbocycles. The molecule has 4 rings (SSSR count). The molecule has 5 nitrogen and oxygen atoms in total. The second-order valence-electron chi connectivity index (χ2n) is 9.68. The molecular weight excluding hydrogens is 593 g/mol. The number of benzene rings is 4. The van der Waals surface area contributed by atoms with Gasteiger partial charge in [0.15, 0.2) is 0 Å². The van der Waals surface area contributed by atoms with Crippen molar-refractivity contribution < 1.29 is 22.7 Å². The largest absolute Gasteiger partial charge is 0.497 e. The highest BCUT2D eigenvalue weighted by Crippen LogP contribution is 2.38. The predicted octanol–water partition coefficient (Wildman–Crippen LogP) is 11.4. The summed E-state index contributed by atoms with van der Waals surface area (Å²) in [5.74, 6) is 1.93. The monoisotopic (exact) mass is 648 g/mol. The van der Waals surface area contributed by atoms with Crippen LogP contribution in [0.5, 0.6) is 17.2 Å². The minimum Gasteiger partial charge on any atom is -0.497 e. The van der Waals surface area contributed by atoms with E-state index in [1.54, 1.807) is 43.3 Å². The van der Waals surface area contributed by atoms with Crippen molar-refractivity contribution in [2.24, 2.45) is 0 Å². The third-order valence-corrected chi connectivity index (χ3v) is 8.68. The third-order valence-electron chi connectivity index (χ3n) is 6.90. The van der Waals surface area contributed by atoms with Crippen LogP contribution >= 0.6 is 0 Å². The van der Waals surface area contributed by atoms with Gasteiger partial charge in [-0.3, -0.25) is 0 Å². The number of methoxy groups -OCH3 is 1. The maximum Gasteiger partial charge on any atom is 0.206 e. The second kappa shape index (κ2) is 21.8. The first-order chi connectivity index (χ1) is 22.1. The molecular formula is C40H56O5S. The first-order valence-electron chi connectivity index (χ1n) is 16.5. The van der Waals surface area contributed by atoms with Gasteiger partial charge in [0.25, 0.3) is 0 Å². The van der Waals surface area contributed by atoms with E-state index in [2.05, 4.69) is 38.1 Å². The van der Waals surface area contributed by atoms with Crippen LogP contribution in [-0.4, -0.2) is 21.3 Å². The van der Waals surface area contributed by atoms with Gasteiger partial charge in [-0.05, 0) is 92.1 Å². The van der Waals surface area contributed by atoms with Crippen LogP contribution in [0.3, 0.4) is 0 Å². The molecule has 0 radical (unpaired) electrons. The highest BCUT2D eigenvalue weighted by molar-refractivity contribution is 7.91. The van der Waals surface area contributed by atoms with Crippen molar-refractivity contribution in [1.82, 2.24) is 0 Å². The molecule has 4 aromatic rings. The Balaban J connectivity index is 0.00000235. The van der Waals surface area contributed by atoms with Crippen molar-refractivity contribution in [3.63, 3.8) is 0 Å². The summed E-state index contributed by atoms with van der Waals surface area (Å²) in [5.41, 5.74) is 3.12. The Hall–Kier alpha value is -3.90. The Morgan fingerprint density at radius 3 is 1.33 bits per heavy atom. The lowest BCUT2D eigenvalue weighted by Gasteiger charge is -2.31. The van der Waals surface area contributed by atoms with Crippen LogP contribution in [0.1, 0.15) is 98.8 Å². The fourth-order valence-corrected chi connectivity index (χ4v) is 5.67. The number of aryl methyl sites for hydroxylation is 1. The van der Waals surface area contributed by atoms with Crippen LogP contribution in [0.4, 0.5) is 0 Å². The Bertz CT molecular complexity index is 1490. The van der Waals surface area contributed by atoms with Crippen LogP contribution in [-0.2, 0) is 20.0 Å². The smallest absolute Gasteiger partial charge is 0.206 e. The maximum absolute atomic E-state index is 13.0. The summed E-state index contributed by atoms with van der Waals surface area (Å²) < 4.78 is 37.0. The summed E-state index contributed by atoms with van der Waals surface area (Å²) in [6.07, 6.45) is 1.20. The SMILES string of the molecule is CC.CC.CC.CC.COc1ccc(S(=O)(=O)c2ccc(Oc3ccc(C(C)(CCC(C)=O)c4ccc(C)cc4)cc3)cc2)cc1. The number of ketones is 1. The summed E-state index contributed by atoms with van der Waals surface area (Å²) in [6.45, 7) is 21.8. The molecule has 0 amide bonds. The van der Waals surface area contributed by atoms with Crippen LogP contribution in [0, 0.1) is 6.92 Å². The molecule has 0 saturated heterocycles. The summed E-state index contributed by atoms with van der Waals surface area (Å²) in [7, 11) is -2.12. The van der Waals surface area contributed by atoms with Crippen molar-refractivity contribution in [3.8, 4) is 17.2 Å². The van der Waals surface area contributed by atoms with Crippen molar-refractivity contribution in [1.29, 1.82) is 0 Å². The van der Waals surface area contributed by atoms with Gasteiger partial charge in [0.2, 0.25) is 9.84 Å². The van der Waals surface area contributed by atoms with Gasteiger partial charge in [0.05, 0.1) is 16.9 Å². The van der Waals surface area contributed by atoms with E-state index in [1.807, 2.05) is 79.7 Å². The fourth-order valence-electron chi connectivity index (χ4n) is 4.41. The molecule has 46 heavy (non-hydrogen) atoms. The molecule has 0 saturated carbocycles. The Morgan fingerprint density at radius 1 is 0.609 bits per heavy atom. The minimum absolute atomic E-state index is 0.167. The van der Waals surface area contributed by atoms with E-state index >= 15 is 0 Å². The van der Waals surface area contributed by atoms with Gasteiger partial charge >= 0.3 is 0 Å². The van der Waals surface area contributed by atoms with Crippen molar-refractivity contribution in [2.45, 2.75) is 104 Å². The standard InChI is InChI=1S/C32H32O5S.4C2H6/c1-23-5-7-25(8-6-23)32(3,22-21-24(2)33)26-9-11-28(12-10-26)37-29-15-19-31(20-16-29)38(34,35)30-17-13-27(36-4)14-18-30;4*1-2/h5-20H,21-22H2,1-4H3;4*1-2H3. The fraction of sp³-hybridized carbons (Fsp3) is 0.375. The number of carbonyl (C=O) groups excluding carboxylic acids is 1. The lowest BCUT2D eigenvalue weighted by atomic mass is 9.72. The number of hydrogen-bond acceptors (Lipinski definition) is 5. The zero-order chi connectivity index (χ0) is 35.3. The van der Waals surface area contributed by atoms with Gasteiger partial charge in [-0.2, -0.15) is 0 Å². The number of sulfone groups is 1. The van der Waals surface area contributed by atoms with E-state index in [1.165, 1.54) is 24.8 Å². The predicted molar refractivity (Wildman–Crippen MR) is 194 cm³/mol. The van der Waals surface area contributed by atoms with Crippen LogP contribution in [0.2, 0.25) is 0 Å². The molecule has 0 aliphatic heterocycles. The number of hydrogen-bond donors (Lipinski definition) is 0. The molecule has 0 spiro atoms. The topological polar surface area (TPSA) is 69.7 Å². The van der Waals surface area contributed by atoms with Gasteiger partial charge in [0, 0.05) is 11.8 Å². The molecule has 6 heteroatoms. The van der Waals surface area contributed by atoms with E-state index < -0.39 is 9.84 Å². The van der Waals surface area contributed by atoms with Crippen molar-refractivity contribution in [3.05, 3.63) is 114 Å². The second-order valence-corrected chi connectivity index (χ2v) is 11.6. The first-order valence-corrected chi connectivity index (χ1v) is 17.9. The first kappa shape index (κ1) is 42.1. The van der Waals surface area contributed by atoms with E-state index in [0.717, 1.165) is 11.1 Å². The number of ether oxygens (including phenoxy) is 2. The van der Waals surface area contributed by atoms with Gasteiger partial charge in [-0.15, -0.1) is 0 Å².